The van der Waals surface area contributed by atoms with Gasteiger partial charge in [0, 0.05) is 24.9 Å². The average molecular weight is 568 g/mol. The van der Waals surface area contributed by atoms with E-state index in [-0.39, 0.29) is 4.90 Å². The van der Waals surface area contributed by atoms with Crippen LogP contribution in [0.5, 0.6) is 23.0 Å². The van der Waals surface area contributed by atoms with E-state index in [4.69, 9.17) is 18.9 Å². The molecule has 0 saturated carbocycles. The number of benzene rings is 3. The summed E-state index contributed by atoms with van der Waals surface area (Å²) in [4.78, 5) is 14.9. The zero-order valence-corrected chi connectivity index (χ0v) is 23.7. The van der Waals surface area contributed by atoms with Crippen molar-refractivity contribution in [3.8, 4) is 23.0 Å². The van der Waals surface area contributed by atoms with Gasteiger partial charge in [0.15, 0.2) is 11.5 Å². The molecule has 212 valence electrons. The first-order valence-electron chi connectivity index (χ1n) is 12.6. The molecule has 4 rings (SSSR count). The Morgan fingerprint density at radius 1 is 0.850 bits per heavy atom. The highest BCUT2D eigenvalue weighted by Gasteiger charge is 2.25. The first kappa shape index (κ1) is 28.6. The zero-order chi connectivity index (χ0) is 28.7. The van der Waals surface area contributed by atoms with Crippen LogP contribution >= 0.6 is 0 Å². The molecule has 0 bridgehead atoms. The molecule has 1 amide bonds. The molecule has 0 radical (unpaired) electrons. The van der Waals surface area contributed by atoms with E-state index in [2.05, 4.69) is 10.0 Å². The lowest BCUT2D eigenvalue weighted by atomic mass is 10.1. The van der Waals surface area contributed by atoms with E-state index >= 15 is 0 Å². The average Bonchev–Trinajstić information content (AvgIpc) is 3.50. The second-order valence-electron chi connectivity index (χ2n) is 8.96. The zero-order valence-electron chi connectivity index (χ0n) is 22.9. The molecule has 0 atom stereocenters. The standard InChI is InChI=1S/C29H33N3O7S/c1-36-24-10-6-5-9-22(24)31-40(34,35)27-19-21(12-13-23(27)32-15-7-8-16-32)30-28(33)14-11-20-17-25(37-2)29(39-4)26(18-20)38-3/h5-6,9-14,17-19,31H,7-8,15-16H2,1-4H3,(H,30,33)/b14-11+. The molecule has 1 fully saturated rings. The Morgan fingerprint density at radius 2 is 1.50 bits per heavy atom. The highest BCUT2D eigenvalue weighted by Crippen LogP contribution is 2.38. The molecule has 40 heavy (non-hydrogen) atoms. The van der Waals surface area contributed by atoms with Crippen molar-refractivity contribution in [3.05, 3.63) is 66.2 Å². The van der Waals surface area contributed by atoms with Crippen LogP contribution in [-0.2, 0) is 14.8 Å². The number of carbonyl (C=O) groups is 1. The van der Waals surface area contributed by atoms with E-state index in [1.165, 1.54) is 40.6 Å². The largest absolute Gasteiger partial charge is 0.495 e. The first-order chi connectivity index (χ1) is 19.3. The van der Waals surface area contributed by atoms with Crippen molar-refractivity contribution in [2.45, 2.75) is 17.7 Å². The van der Waals surface area contributed by atoms with E-state index in [1.54, 1.807) is 54.6 Å². The molecule has 3 aromatic carbocycles. The van der Waals surface area contributed by atoms with Crippen LogP contribution in [0.4, 0.5) is 17.1 Å². The van der Waals surface area contributed by atoms with Crippen LogP contribution in [-0.4, -0.2) is 55.9 Å². The lowest BCUT2D eigenvalue weighted by Gasteiger charge is -2.22. The molecule has 1 aliphatic heterocycles. The third-order valence-corrected chi connectivity index (χ3v) is 7.82. The number of anilines is 3. The molecule has 1 saturated heterocycles. The van der Waals surface area contributed by atoms with E-state index in [9.17, 15) is 13.2 Å². The smallest absolute Gasteiger partial charge is 0.264 e. The summed E-state index contributed by atoms with van der Waals surface area (Å²) in [5, 5.41) is 2.76. The Kier molecular flexibility index (Phi) is 9.05. The molecular weight excluding hydrogens is 534 g/mol. The topological polar surface area (TPSA) is 115 Å². The number of amides is 1. The number of methoxy groups -OCH3 is 4. The number of nitrogens with one attached hydrogen (secondary N) is 2. The Hall–Kier alpha value is -4.38. The molecule has 0 unspecified atom stereocenters. The minimum absolute atomic E-state index is 0.0618. The van der Waals surface area contributed by atoms with Crippen molar-refractivity contribution >= 4 is 39.1 Å². The molecule has 1 aliphatic rings. The summed E-state index contributed by atoms with van der Waals surface area (Å²) in [6.07, 6.45) is 4.89. The summed E-state index contributed by atoms with van der Waals surface area (Å²) in [7, 11) is 1.98. The van der Waals surface area contributed by atoms with Crippen LogP contribution in [0.1, 0.15) is 18.4 Å². The van der Waals surface area contributed by atoms with Gasteiger partial charge >= 0.3 is 0 Å². The third-order valence-electron chi connectivity index (χ3n) is 6.43. The van der Waals surface area contributed by atoms with Gasteiger partial charge in [-0.3, -0.25) is 9.52 Å². The molecule has 11 heteroatoms. The second kappa shape index (κ2) is 12.6. The van der Waals surface area contributed by atoms with Gasteiger partial charge in [-0.2, -0.15) is 0 Å². The van der Waals surface area contributed by atoms with Gasteiger partial charge in [0.2, 0.25) is 11.7 Å². The fraction of sp³-hybridized carbons (Fsp3) is 0.276. The van der Waals surface area contributed by atoms with Gasteiger partial charge in [-0.05, 0) is 66.9 Å². The number of hydrogen-bond acceptors (Lipinski definition) is 8. The highest BCUT2D eigenvalue weighted by atomic mass is 32.2. The van der Waals surface area contributed by atoms with E-state index in [1.807, 2.05) is 4.90 Å². The van der Waals surface area contributed by atoms with Gasteiger partial charge < -0.3 is 29.2 Å². The van der Waals surface area contributed by atoms with Gasteiger partial charge in [-0.25, -0.2) is 8.42 Å². The van der Waals surface area contributed by atoms with Gasteiger partial charge in [-0.15, -0.1) is 0 Å². The third kappa shape index (κ3) is 6.42. The number of sulfonamides is 1. The summed E-state index contributed by atoms with van der Waals surface area (Å²) in [6.45, 7) is 1.50. The van der Waals surface area contributed by atoms with Crippen LogP contribution in [0.15, 0.2) is 65.6 Å². The number of para-hydroxylation sites is 2. The van der Waals surface area contributed by atoms with Crippen LogP contribution in [0.2, 0.25) is 0 Å². The molecule has 1 heterocycles. The quantitative estimate of drug-likeness (QED) is 0.318. The monoisotopic (exact) mass is 567 g/mol. The van der Waals surface area contributed by atoms with E-state index < -0.39 is 15.9 Å². The molecular formula is C29H33N3O7S. The molecule has 2 N–H and O–H groups in total. The van der Waals surface area contributed by atoms with Crippen molar-refractivity contribution in [1.82, 2.24) is 0 Å². The summed E-state index contributed by atoms with van der Waals surface area (Å²) < 4.78 is 51.2. The van der Waals surface area contributed by atoms with Crippen LogP contribution < -0.4 is 33.9 Å². The SMILES string of the molecule is COc1ccccc1NS(=O)(=O)c1cc(NC(=O)/C=C/c2cc(OC)c(OC)c(OC)c2)ccc1N1CCCC1. The van der Waals surface area contributed by atoms with Crippen LogP contribution in [0, 0.1) is 0 Å². The maximum Gasteiger partial charge on any atom is 0.264 e. The Morgan fingerprint density at radius 3 is 2.12 bits per heavy atom. The number of rotatable bonds is 11. The Balaban J connectivity index is 1.61. The number of carbonyl (C=O) groups excluding carboxylic acids is 1. The van der Waals surface area contributed by atoms with Crippen LogP contribution in [0.25, 0.3) is 6.08 Å². The second-order valence-corrected chi connectivity index (χ2v) is 10.6. The predicted octanol–water partition coefficient (Wildman–Crippen LogP) is 4.77. The van der Waals surface area contributed by atoms with E-state index in [0.717, 1.165) is 25.9 Å². The molecule has 10 nitrogen and oxygen atoms in total. The summed E-state index contributed by atoms with van der Waals surface area (Å²) in [5.74, 6) is 1.31. The van der Waals surface area contributed by atoms with Gasteiger partial charge in [0.1, 0.15) is 10.6 Å². The van der Waals surface area contributed by atoms with Crippen molar-refractivity contribution in [3.63, 3.8) is 0 Å². The van der Waals surface area contributed by atoms with Gasteiger partial charge in [-0.1, -0.05) is 12.1 Å². The first-order valence-corrected chi connectivity index (χ1v) is 14.1. The summed E-state index contributed by atoms with van der Waals surface area (Å²) in [5.41, 5.74) is 1.88. The van der Waals surface area contributed by atoms with Gasteiger partial charge in [0.25, 0.3) is 10.0 Å². The Bertz CT molecular complexity index is 1470. The summed E-state index contributed by atoms with van der Waals surface area (Å²) in [6, 6.07) is 15.1. The fourth-order valence-electron chi connectivity index (χ4n) is 4.51. The minimum atomic E-state index is -4.03. The molecule has 3 aromatic rings. The van der Waals surface area contributed by atoms with E-state index in [0.29, 0.717) is 45.6 Å². The number of nitrogens with zero attached hydrogens (tertiary/aromatic N) is 1. The maximum atomic E-state index is 13.6. The van der Waals surface area contributed by atoms with Crippen LogP contribution in [0.3, 0.4) is 0 Å². The van der Waals surface area contributed by atoms with Crippen molar-refractivity contribution in [2.75, 3.05) is 56.5 Å². The Labute approximate surface area is 234 Å². The lowest BCUT2D eigenvalue weighted by molar-refractivity contribution is -0.111. The minimum Gasteiger partial charge on any atom is -0.495 e. The normalized spacial score (nSPS) is 13.2. The fourth-order valence-corrected chi connectivity index (χ4v) is 5.83. The van der Waals surface area contributed by atoms with Crippen molar-refractivity contribution in [1.29, 1.82) is 0 Å². The number of hydrogen-bond donors (Lipinski definition) is 2. The highest BCUT2D eigenvalue weighted by molar-refractivity contribution is 7.93. The number of ether oxygens (including phenoxy) is 4. The van der Waals surface area contributed by atoms with Crippen molar-refractivity contribution in [2.24, 2.45) is 0 Å². The van der Waals surface area contributed by atoms with Gasteiger partial charge in [0.05, 0.1) is 39.8 Å². The molecule has 0 spiro atoms. The van der Waals surface area contributed by atoms with Crippen molar-refractivity contribution < 1.29 is 32.2 Å². The molecule has 0 aliphatic carbocycles. The maximum absolute atomic E-state index is 13.6. The predicted molar refractivity (Wildman–Crippen MR) is 155 cm³/mol. The summed E-state index contributed by atoms with van der Waals surface area (Å²) >= 11 is 0. The molecule has 0 aromatic heterocycles. The lowest BCUT2D eigenvalue weighted by Crippen LogP contribution is -2.23.